The SMILES string of the molecule is C=CC(=O)N[C@H]1CN(C(=O)COC)C[C@H]1Cc1ncc2cc(-c3c(Cl)c(OC)cc(OC)c3Cl)ccc2n1. The Bertz CT molecular complexity index is 1360. The van der Waals surface area contributed by atoms with Crippen LogP contribution in [0.2, 0.25) is 10.0 Å². The third kappa shape index (κ3) is 5.70. The summed E-state index contributed by atoms with van der Waals surface area (Å²) in [7, 11) is 4.53. The molecule has 1 aromatic heterocycles. The van der Waals surface area contributed by atoms with Gasteiger partial charge in [0.1, 0.15) is 23.9 Å². The van der Waals surface area contributed by atoms with Gasteiger partial charge >= 0.3 is 0 Å². The molecule has 0 spiro atoms. The number of halogens is 2. The minimum absolute atomic E-state index is 0.0170. The average Bonchev–Trinajstić information content (AvgIpc) is 3.31. The number of fused-ring (bicyclic) bond motifs is 1. The summed E-state index contributed by atoms with van der Waals surface area (Å²) in [6.45, 7) is 4.35. The topological polar surface area (TPSA) is 103 Å². The molecule has 1 fully saturated rings. The summed E-state index contributed by atoms with van der Waals surface area (Å²) in [4.78, 5) is 35.4. The molecule has 2 heterocycles. The Labute approximate surface area is 230 Å². The fourth-order valence-corrected chi connectivity index (χ4v) is 5.32. The van der Waals surface area contributed by atoms with Gasteiger partial charge in [-0.1, -0.05) is 35.8 Å². The van der Waals surface area contributed by atoms with Gasteiger partial charge in [0, 0.05) is 55.8 Å². The minimum atomic E-state index is -0.292. The van der Waals surface area contributed by atoms with Gasteiger partial charge in [-0.15, -0.1) is 0 Å². The summed E-state index contributed by atoms with van der Waals surface area (Å²) < 4.78 is 15.8. The van der Waals surface area contributed by atoms with E-state index in [2.05, 4.69) is 16.9 Å². The molecule has 0 unspecified atom stereocenters. The zero-order valence-electron chi connectivity index (χ0n) is 21.3. The lowest BCUT2D eigenvalue weighted by Crippen LogP contribution is -2.41. The molecule has 9 nitrogen and oxygen atoms in total. The van der Waals surface area contributed by atoms with Crippen LogP contribution in [0.3, 0.4) is 0 Å². The molecule has 1 aliphatic heterocycles. The van der Waals surface area contributed by atoms with Crippen LogP contribution in [0.5, 0.6) is 11.5 Å². The summed E-state index contributed by atoms with van der Waals surface area (Å²) >= 11 is 13.2. The summed E-state index contributed by atoms with van der Waals surface area (Å²) in [5.74, 6) is 1.00. The lowest BCUT2D eigenvalue weighted by Gasteiger charge is -2.18. The van der Waals surface area contributed by atoms with Crippen LogP contribution in [-0.4, -0.2) is 73.7 Å². The molecular weight excluding hydrogens is 531 g/mol. The molecule has 1 N–H and O–H groups in total. The Kier molecular flexibility index (Phi) is 8.71. The largest absolute Gasteiger partial charge is 0.495 e. The lowest BCUT2D eigenvalue weighted by atomic mass is 9.99. The van der Waals surface area contributed by atoms with Crippen molar-refractivity contribution in [3.63, 3.8) is 0 Å². The Morgan fingerprint density at radius 2 is 1.84 bits per heavy atom. The zero-order chi connectivity index (χ0) is 27.4. The maximum Gasteiger partial charge on any atom is 0.248 e. The van der Waals surface area contributed by atoms with Gasteiger partial charge in [0.2, 0.25) is 11.8 Å². The monoisotopic (exact) mass is 558 g/mol. The van der Waals surface area contributed by atoms with Crippen molar-refractivity contribution in [2.45, 2.75) is 12.5 Å². The number of hydrogen-bond acceptors (Lipinski definition) is 7. The van der Waals surface area contributed by atoms with E-state index in [1.807, 2.05) is 18.2 Å². The summed E-state index contributed by atoms with van der Waals surface area (Å²) in [5.41, 5.74) is 2.08. The van der Waals surface area contributed by atoms with Crippen molar-refractivity contribution in [1.82, 2.24) is 20.2 Å². The molecule has 0 bridgehead atoms. The quantitative estimate of drug-likeness (QED) is 0.397. The number of likely N-dealkylation sites (tertiary alicyclic amines) is 1. The molecule has 0 radical (unpaired) electrons. The van der Waals surface area contributed by atoms with E-state index >= 15 is 0 Å². The van der Waals surface area contributed by atoms with E-state index in [9.17, 15) is 9.59 Å². The number of rotatable bonds is 9. The molecule has 0 saturated carbocycles. The molecule has 3 aromatic rings. The number of aromatic nitrogens is 2. The molecule has 200 valence electrons. The molecule has 1 saturated heterocycles. The van der Waals surface area contributed by atoms with Gasteiger partial charge in [-0.2, -0.15) is 0 Å². The number of ether oxygens (including phenoxy) is 3. The smallest absolute Gasteiger partial charge is 0.248 e. The molecule has 2 aromatic carbocycles. The van der Waals surface area contributed by atoms with Crippen molar-refractivity contribution < 1.29 is 23.8 Å². The Morgan fingerprint density at radius 1 is 1.13 bits per heavy atom. The van der Waals surface area contributed by atoms with Crippen molar-refractivity contribution in [1.29, 1.82) is 0 Å². The Balaban J connectivity index is 1.62. The van der Waals surface area contributed by atoms with Crippen molar-refractivity contribution in [3.05, 3.63) is 59.0 Å². The van der Waals surface area contributed by atoms with E-state index in [1.54, 1.807) is 17.2 Å². The number of amides is 2. The number of carbonyl (C=O) groups excluding carboxylic acids is 2. The van der Waals surface area contributed by atoms with E-state index in [4.69, 9.17) is 42.4 Å². The van der Waals surface area contributed by atoms with Crippen LogP contribution >= 0.6 is 23.2 Å². The Hall–Kier alpha value is -3.40. The first-order valence-corrected chi connectivity index (χ1v) is 12.6. The van der Waals surface area contributed by atoms with Crippen LogP contribution in [0.25, 0.3) is 22.0 Å². The number of benzene rings is 2. The number of nitrogens with one attached hydrogen (secondary N) is 1. The van der Waals surface area contributed by atoms with E-state index in [0.29, 0.717) is 52.4 Å². The first-order valence-electron chi connectivity index (χ1n) is 11.8. The second-order valence-corrected chi connectivity index (χ2v) is 9.61. The predicted molar refractivity (Wildman–Crippen MR) is 146 cm³/mol. The second-order valence-electron chi connectivity index (χ2n) is 8.86. The van der Waals surface area contributed by atoms with Crippen LogP contribution in [0.4, 0.5) is 0 Å². The normalized spacial score (nSPS) is 16.9. The van der Waals surface area contributed by atoms with Crippen LogP contribution in [0.15, 0.2) is 43.1 Å². The van der Waals surface area contributed by atoms with Crippen LogP contribution in [0.1, 0.15) is 5.82 Å². The van der Waals surface area contributed by atoms with Gasteiger partial charge < -0.3 is 24.4 Å². The molecule has 2 amide bonds. The third-order valence-corrected chi connectivity index (χ3v) is 7.26. The highest BCUT2D eigenvalue weighted by atomic mass is 35.5. The van der Waals surface area contributed by atoms with Gasteiger partial charge in [-0.3, -0.25) is 9.59 Å². The van der Waals surface area contributed by atoms with Crippen LogP contribution < -0.4 is 14.8 Å². The molecule has 0 aliphatic carbocycles. The molecule has 1 aliphatic rings. The zero-order valence-corrected chi connectivity index (χ0v) is 22.8. The molecule has 11 heteroatoms. The van der Waals surface area contributed by atoms with Crippen molar-refractivity contribution >= 4 is 45.9 Å². The summed E-state index contributed by atoms with van der Waals surface area (Å²) in [6.07, 6.45) is 3.43. The maximum atomic E-state index is 12.4. The predicted octanol–water partition coefficient (Wildman–Crippen LogP) is 3.94. The lowest BCUT2D eigenvalue weighted by molar-refractivity contribution is -0.134. The molecular formula is C27H28Cl2N4O5. The van der Waals surface area contributed by atoms with Gasteiger partial charge in [-0.25, -0.2) is 9.97 Å². The highest BCUT2D eigenvalue weighted by Crippen LogP contribution is 2.46. The van der Waals surface area contributed by atoms with E-state index in [0.717, 1.165) is 16.5 Å². The highest BCUT2D eigenvalue weighted by molar-refractivity contribution is 6.41. The van der Waals surface area contributed by atoms with Gasteiger partial charge in [0.05, 0.1) is 35.8 Å². The highest BCUT2D eigenvalue weighted by Gasteiger charge is 2.36. The number of hydrogen-bond donors (Lipinski definition) is 1. The summed E-state index contributed by atoms with van der Waals surface area (Å²) in [5, 5.41) is 4.46. The third-order valence-electron chi connectivity index (χ3n) is 6.51. The first kappa shape index (κ1) is 27.6. The number of carbonyl (C=O) groups is 2. The fraction of sp³-hybridized carbons (Fsp3) is 0.333. The first-order chi connectivity index (χ1) is 18.3. The van der Waals surface area contributed by atoms with Gasteiger partial charge in [-0.05, 0) is 23.8 Å². The van der Waals surface area contributed by atoms with E-state index in [-0.39, 0.29) is 30.4 Å². The van der Waals surface area contributed by atoms with Crippen molar-refractivity contribution in [2.75, 3.05) is 41.0 Å². The Morgan fingerprint density at radius 3 is 2.47 bits per heavy atom. The summed E-state index contributed by atoms with van der Waals surface area (Å²) in [6, 6.07) is 7.03. The molecule has 4 rings (SSSR count). The van der Waals surface area contributed by atoms with Crippen LogP contribution in [0, 0.1) is 5.92 Å². The van der Waals surface area contributed by atoms with Crippen molar-refractivity contribution in [3.8, 4) is 22.6 Å². The minimum Gasteiger partial charge on any atom is -0.495 e. The maximum absolute atomic E-state index is 12.4. The molecule has 38 heavy (non-hydrogen) atoms. The van der Waals surface area contributed by atoms with Gasteiger partial charge in [0.15, 0.2) is 0 Å². The van der Waals surface area contributed by atoms with Crippen molar-refractivity contribution in [2.24, 2.45) is 5.92 Å². The van der Waals surface area contributed by atoms with E-state index in [1.165, 1.54) is 27.4 Å². The average molecular weight is 559 g/mol. The standard InChI is InChI=1S/C27H28Cl2N4O5/c1-5-23(34)32-19-13-33(24(35)14-36-2)12-17(19)9-22-30-11-16-8-15(6-7-18(16)31-22)25-26(28)20(37-3)10-21(38-4)27(25)29/h5-8,10-11,17,19H,1,9,12-14H2,2-4H3,(H,32,34)/t17-,19+/m1/s1. The van der Waals surface area contributed by atoms with Gasteiger partial charge in [0.25, 0.3) is 0 Å². The second kappa shape index (κ2) is 12.0. The fourth-order valence-electron chi connectivity index (χ4n) is 4.60. The number of methoxy groups -OCH3 is 3. The number of nitrogens with zero attached hydrogens (tertiary/aromatic N) is 3. The molecule has 2 atom stereocenters. The van der Waals surface area contributed by atoms with E-state index < -0.39 is 0 Å². The van der Waals surface area contributed by atoms with Crippen LogP contribution in [-0.2, 0) is 20.7 Å².